The number of nitrogens with two attached hydrogens (primary N) is 1. The van der Waals surface area contributed by atoms with Crippen molar-refractivity contribution >= 4 is 5.97 Å². The molecule has 2 N–H and O–H groups in total. The van der Waals surface area contributed by atoms with Crippen LogP contribution in [0.15, 0.2) is 11.8 Å². The zero-order valence-electron chi connectivity index (χ0n) is 6.39. The Morgan fingerprint density at radius 1 is 1.60 bits per heavy atom. The van der Waals surface area contributed by atoms with Crippen LogP contribution >= 0.6 is 0 Å². The van der Waals surface area contributed by atoms with E-state index in [1.807, 2.05) is 6.92 Å². The molecule has 0 amide bonds. The molecule has 58 valence electrons. The molecule has 3 heteroatoms. The van der Waals surface area contributed by atoms with Gasteiger partial charge in [0.15, 0.2) is 0 Å². The van der Waals surface area contributed by atoms with Crippen LogP contribution in [0.2, 0.25) is 0 Å². The minimum absolute atomic E-state index is 0.359. The molecule has 0 radical (unpaired) electrons. The summed E-state index contributed by atoms with van der Waals surface area (Å²) in [7, 11) is 0. The Balaban J connectivity index is 3.75. The van der Waals surface area contributed by atoms with Crippen molar-refractivity contribution in [3.63, 3.8) is 0 Å². The maximum Gasteiger partial charge on any atom is 0.332 e. The third-order valence-electron chi connectivity index (χ3n) is 0.998. The average Bonchev–Trinajstić information content (AvgIpc) is 1.88. The van der Waals surface area contributed by atoms with Crippen molar-refractivity contribution in [3.05, 3.63) is 11.8 Å². The van der Waals surface area contributed by atoms with Crippen LogP contribution in [0.25, 0.3) is 0 Å². The number of allylic oxidation sites excluding steroid dienone is 1. The van der Waals surface area contributed by atoms with E-state index in [1.54, 1.807) is 6.92 Å². The second-order valence-electron chi connectivity index (χ2n) is 1.82. The van der Waals surface area contributed by atoms with E-state index in [0.717, 1.165) is 0 Å². The normalized spacial score (nSPS) is 11.2. The lowest BCUT2D eigenvalue weighted by molar-refractivity contribution is -0.137. The maximum atomic E-state index is 10.6. The van der Waals surface area contributed by atoms with Crippen molar-refractivity contribution in [2.24, 2.45) is 5.73 Å². The van der Waals surface area contributed by atoms with Crippen LogP contribution in [-0.2, 0) is 9.53 Å². The van der Waals surface area contributed by atoms with Gasteiger partial charge in [0.1, 0.15) is 0 Å². The third kappa shape index (κ3) is 3.95. The van der Waals surface area contributed by atoms with Gasteiger partial charge < -0.3 is 10.5 Å². The largest absolute Gasteiger partial charge is 0.463 e. The van der Waals surface area contributed by atoms with Gasteiger partial charge in [-0.3, -0.25) is 0 Å². The van der Waals surface area contributed by atoms with Gasteiger partial charge in [0.25, 0.3) is 0 Å². The molecule has 0 aliphatic heterocycles. The van der Waals surface area contributed by atoms with Gasteiger partial charge in [0.2, 0.25) is 0 Å². The first-order valence-corrected chi connectivity index (χ1v) is 3.33. The molecule has 0 bridgehead atoms. The van der Waals surface area contributed by atoms with Gasteiger partial charge in [-0.05, 0) is 13.3 Å². The number of rotatable bonds is 3. The molecular weight excluding hydrogens is 130 g/mol. The van der Waals surface area contributed by atoms with E-state index in [4.69, 9.17) is 5.73 Å². The monoisotopic (exact) mass is 143 g/mol. The molecule has 0 unspecified atom stereocenters. The Bertz CT molecular complexity index is 141. The highest BCUT2D eigenvalue weighted by Gasteiger charge is 1.95. The second-order valence-corrected chi connectivity index (χ2v) is 1.82. The molecule has 0 spiro atoms. The predicted octanol–water partition coefficient (Wildman–Crippen LogP) is 0.802. The Morgan fingerprint density at radius 2 is 2.20 bits per heavy atom. The molecule has 0 saturated heterocycles. The van der Waals surface area contributed by atoms with Gasteiger partial charge in [-0.15, -0.1) is 0 Å². The molecule has 0 aliphatic carbocycles. The second kappa shape index (κ2) is 4.85. The van der Waals surface area contributed by atoms with Crippen LogP contribution in [0.1, 0.15) is 20.3 Å². The lowest BCUT2D eigenvalue weighted by Crippen LogP contribution is -2.04. The number of hydrogen-bond donors (Lipinski definition) is 1. The summed E-state index contributed by atoms with van der Waals surface area (Å²) >= 11 is 0. The minimum atomic E-state index is -0.359. The van der Waals surface area contributed by atoms with Crippen LogP contribution in [0.3, 0.4) is 0 Å². The van der Waals surface area contributed by atoms with Crippen molar-refractivity contribution in [2.45, 2.75) is 20.3 Å². The first kappa shape index (κ1) is 9.01. The van der Waals surface area contributed by atoms with Crippen LogP contribution in [0.5, 0.6) is 0 Å². The van der Waals surface area contributed by atoms with Crippen LogP contribution in [0, 0.1) is 0 Å². The van der Waals surface area contributed by atoms with Crippen molar-refractivity contribution in [1.29, 1.82) is 0 Å². The maximum absolute atomic E-state index is 10.6. The zero-order chi connectivity index (χ0) is 7.98. The number of carbonyl (C=O) groups is 1. The fourth-order valence-electron chi connectivity index (χ4n) is 0.437. The zero-order valence-corrected chi connectivity index (χ0v) is 6.39. The summed E-state index contributed by atoms with van der Waals surface area (Å²) in [6, 6.07) is 0. The lowest BCUT2D eigenvalue weighted by Gasteiger charge is -1.96. The van der Waals surface area contributed by atoms with E-state index in [9.17, 15) is 4.79 Å². The molecule has 0 aliphatic rings. The van der Waals surface area contributed by atoms with Crippen molar-refractivity contribution in [3.8, 4) is 0 Å². The predicted molar refractivity (Wildman–Crippen MR) is 39.2 cm³/mol. The average molecular weight is 143 g/mol. The molecule has 0 heterocycles. The number of hydrogen-bond acceptors (Lipinski definition) is 3. The highest BCUT2D eigenvalue weighted by atomic mass is 16.5. The summed E-state index contributed by atoms with van der Waals surface area (Å²) < 4.78 is 4.62. The van der Waals surface area contributed by atoms with E-state index in [1.165, 1.54) is 6.08 Å². The minimum Gasteiger partial charge on any atom is -0.463 e. The standard InChI is InChI=1S/C7H13NO2/c1-3-6(8)5-7(9)10-4-2/h5H,3-4,8H2,1-2H3. The molecule has 10 heavy (non-hydrogen) atoms. The van der Waals surface area contributed by atoms with Crippen molar-refractivity contribution in [2.75, 3.05) is 6.61 Å². The van der Waals surface area contributed by atoms with Gasteiger partial charge in [-0.25, -0.2) is 4.79 Å². The van der Waals surface area contributed by atoms with Gasteiger partial charge in [0, 0.05) is 11.8 Å². The number of carbonyl (C=O) groups excluding carboxylic acids is 1. The van der Waals surface area contributed by atoms with Crippen LogP contribution < -0.4 is 5.73 Å². The molecule has 0 aromatic heterocycles. The fraction of sp³-hybridized carbons (Fsp3) is 0.571. The van der Waals surface area contributed by atoms with E-state index < -0.39 is 0 Å². The van der Waals surface area contributed by atoms with Gasteiger partial charge in [-0.1, -0.05) is 6.92 Å². The summed E-state index contributed by atoms with van der Waals surface area (Å²) in [4.78, 5) is 10.6. The Labute approximate surface area is 60.9 Å². The fourth-order valence-corrected chi connectivity index (χ4v) is 0.437. The Morgan fingerprint density at radius 3 is 2.60 bits per heavy atom. The quantitative estimate of drug-likeness (QED) is 0.469. The summed E-state index contributed by atoms with van der Waals surface area (Å²) in [6.45, 7) is 4.03. The number of esters is 1. The van der Waals surface area contributed by atoms with Crippen molar-refractivity contribution in [1.82, 2.24) is 0 Å². The molecule has 0 rings (SSSR count). The highest BCUT2D eigenvalue weighted by molar-refractivity contribution is 5.82. The third-order valence-corrected chi connectivity index (χ3v) is 0.998. The smallest absolute Gasteiger partial charge is 0.332 e. The van der Waals surface area contributed by atoms with E-state index in [2.05, 4.69) is 4.74 Å². The van der Waals surface area contributed by atoms with E-state index in [0.29, 0.717) is 18.7 Å². The van der Waals surface area contributed by atoms with Crippen LogP contribution in [0.4, 0.5) is 0 Å². The SMILES string of the molecule is CCOC(=O)C=C(N)CC. The molecule has 0 fully saturated rings. The summed E-state index contributed by atoms with van der Waals surface area (Å²) in [5.41, 5.74) is 5.92. The Kier molecular flexibility index (Phi) is 4.37. The van der Waals surface area contributed by atoms with E-state index in [-0.39, 0.29) is 5.97 Å². The molecule has 3 nitrogen and oxygen atoms in total. The first-order valence-electron chi connectivity index (χ1n) is 3.33. The number of ether oxygens (including phenoxy) is 1. The molecule has 0 aromatic carbocycles. The molecule has 0 aromatic rings. The first-order chi connectivity index (χ1) is 4.70. The lowest BCUT2D eigenvalue weighted by atomic mass is 10.3. The molecule has 0 atom stereocenters. The van der Waals surface area contributed by atoms with Crippen molar-refractivity contribution < 1.29 is 9.53 Å². The topological polar surface area (TPSA) is 52.3 Å². The Hall–Kier alpha value is -0.990. The highest BCUT2D eigenvalue weighted by Crippen LogP contribution is 1.91. The van der Waals surface area contributed by atoms with E-state index >= 15 is 0 Å². The van der Waals surface area contributed by atoms with Gasteiger partial charge in [0.05, 0.1) is 6.61 Å². The van der Waals surface area contributed by atoms with Gasteiger partial charge >= 0.3 is 5.97 Å². The summed E-state index contributed by atoms with van der Waals surface area (Å²) in [6.07, 6.45) is 1.99. The van der Waals surface area contributed by atoms with Crippen LogP contribution in [-0.4, -0.2) is 12.6 Å². The molecular formula is C7H13NO2. The summed E-state index contributed by atoms with van der Waals surface area (Å²) in [5.74, 6) is -0.359. The summed E-state index contributed by atoms with van der Waals surface area (Å²) in [5, 5.41) is 0. The molecule has 0 saturated carbocycles. The van der Waals surface area contributed by atoms with Gasteiger partial charge in [-0.2, -0.15) is 0 Å².